The summed E-state index contributed by atoms with van der Waals surface area (Å²) in [4.78, 5) is 34.6. The molecule has 4 rings (SSSR count). The summed E-state index contributed by atoms with van der Waals surface area (Å²) in [5.41, 5.74) is 2.66. The number of hydrogen-bond acceptors (Lipinski definition) is 12. The van der Waals surface area contributed by atoms with Gasteiger partial charge in [-0.3, -0.25) is 19.3 Å². The molecule has 0 aliphatic carbocycles. The maximum Gasteiger partial charge on any atom is 0.438 e. The van der Waals surface area contributed by atoms with Gasteiger partial charge in [0.15, 0.2) is 11.6 Å². The largest absolute Gasteiger partial charge is 0.438 e. The second-order valence-corrected chi connectivity index (χ2v) is 9.18. The van der Waals surface area contributed by atoms with E-state index in [1.54, 1.807) is 0 Å². The Morgan fingerprint density at radius 3 is 1.77 bits per heavy atom. The van der Waals surface area contributed by atoms with Crippen molar-refractivity contribution in [3.05, 3.63) is 50.2 Å². The number of H-pyrrole nitrogens is 3. The molecule has 0 saturated heterocycles. The molecule has 14 nitrogen and oxygen atoms in total. The zero-order valence-electron chi connectivity index (χ0n) is 21.2. The fraction of sp³-hybridized carbons (Fsp3) is 0.600. The van der Waals surface area contributed by atoms with Crippen LogP contribution in [0.5, 0.6) is 0 Å². The molecule has 4 N–H and O–H groups in total. The minimum atomic E-state index is -0.487. The SMILES string of the molecule is C=C1N=C(C(C)C)NO1.CC(C)c1nn[nH]n1.CC(C)c1noc(=O)[nH]1.CC(C)c1nsc(=O)[nH]1. The van der Waals surface area contributed by atoms with Gasteiger partial charge >= 0.3 is 10.6 Å². The van der Waals surface area contributed by atoms with Gasteiger partial charge in [-0.15, -0.1) is 10.2 Å². The summed E-state index contributed by atoms with van der Waals surface area (Å²) in [6, 6.07) is 0. The molecule has 35 heavy (non-hydrogen) atoms. The Hall–Kier alpha value is -3.62. The van der Waals surface area contributed by atoms with Crippen LogP contribution in [0.4, 0.5) is 0 Å². The first kappa shape index (κ1) is 29.4. The highest BCUT2D eigenvalue weighted by atomic mass is 32.1. The van der Waals surface area contributed by atoms with Crippen LogP contribution in [0, 0.1) is 5.92 Å². The Morgan fingerprint density at radius 1 is 0.886 bits per heavy atom. The van der Waals surface area contributed by atoms with Crippen molar-refractivity contribution in [1.82, 2.24) is 45.6 Å². The molecule has 0 fully saturated rings. The van der Waals surface area contributed by atoms with Crippen LogP contribution in [-0.2, 0) is 4.84 Å². The minimum absolute atomic E-state index is 0.0706. The first-order chi connectivity index (χ1) is 16.4. The molecule has 1 aliphatic heterocycles. The monoisotopic (exact) mass is 510 g/mol. The summed E-state index contributed by atoms with van der Waals surface area (Å²) in [6.45, 7) is 19.5. The van der Waals surface area contributed by atoms with Crippen LogP contribution in [0.3, 0.4) is 0 Å². The molecule has 1 aliphatic rings. The average molecular weight is 511 g/mol. The molecule has 4 heterocycles. The zero-order chi connectivity index (χ0) is 26.5. The third-order valence-corrected chi connectivity index (χ3v) is 4.51. The number of rotatable bonds is 4. The topological polar surface area (TPSA) is 193 Å². The molecule has 3 aromatic heterocycles. The van der Waals surface area contributed by atoms with E-state index in [0.717, 1.165) is 29.0 Å². The third kappa shape index (κ3) is 11.4. The molecular weight excluding hydrogens is 476 g/mol. The molecule has 0 aromatic carbocycles. The van der Waals surface area contributed by atoms with E-state index < -0.39 is 5.76 Å². The number of hydrogen-bond donors (Lipinski definition) is 4. The number of aliphatic imine (C=N–C) groups is 1. The lowest BCUT2D eigenvalue weighted by molar-refractivity contribution is 0.176. The molecule has 0 bridgehead atoms. The van der Waals surface area contributed by atoms with Gasteiger partial charge in [0.25, 0.3) is 0 Å². The van der Waals surface area contributed by atoms with Gasteiger partial charge in [-0.05, 0) is 6.58 Å². The summed E-state index contributed by atoms with van der Waals surface area (Å²) in [5.74, 6) is 4.24. The summed E-state index contributed by atoms with van der Waals surface area (Å²) in [5, 5.41) is 16.8. The zero-order valence-corrected chi connectivity index (χ0v) is 22.1. The van der Waals surface area contributed by atoms with E-state index in [2.05, 4.69) is 61.7 Å². The van der Waals surface area contributed by atoms with Crippen molar-refractivity contribution in [3.63, 3.8) is 0 Å². The summed E-state index contributed by atoms with van der Waals surface area (Å²) in [7, 11) is 0. The third-order valence-electron chi connectivity index (χ3n) is 3.95. The molecule has 15 heteroatoms. The lowest BCUT2D eigenvalue weighted by Gasteiger charge is -2.00. The smallest absolute Gasteiger partial charge is 0.361 e. The standard InChI is InChI=1S/C6H10N2O.C5H8N2O2.C5H8N2OS.C4H8N4/c1-4(2)6-7-5(3)9-8-6;2*1-3(2)4-6-5(8)9-7-4;1-3(2)4-5-7-8-6-4/h4H,3H2,1-2H3,(H,7,8);2*3H,1-2H3,(H,6,7,8);3H,1-2H3,(H,5,6,7,8). The normalized spacial score (nSPS) is 12.2. The minimum Gasteiger partial charge on any atom is -0.361 e. The van der Waals surface area contributed by atoms with Crippen molar-refractivity contribution >= 4 is 17.4 Å². The van der Waals surface area contributed by atoms with Crippen molar-refractivity contribution in [1.29, 1.82) is 0 Å². The lowest BCUT2D eigenvalue weighted by Crippen LogP contribution is -2.21. The number of aromatic amines is 3. The Kier molecular flexibility index (Phi) is 12.3. The van der Waals surface area contributed by atoms with Crippen LogP contribution < -0.4 is 16.1 Å². The lowest BCUT2D eigenvalue weighted by atomic mass is 10.2. The first-order valence-corrected chi connectivity index (χ1v) is 11.7. The predicted octanol–water partition coefficient (Wildman–Crippen LogP) is 2.81. The molecule has 0 atom stereocenters. The van der Waals surface area contributed by atoms with Crippen LogP contribution in [-0.4, -0.2) is 46.0 Å². The quantitative estimate of drug-likeness (QED) is 0.405. The second-order valence-electron chi connectivity index (χ2n) is 8.44. The second kappa shape index (κ2) is 14.6. The van der Waals surface area contributed by atoms with E-state index in [1.807, 2.05) is 55.4 Å². The number of nitrogens with one attached hydrogen (secondary N) is 4. The Labute approximate surface area is 206 Å². The number of nitrogens with zero attached hydrogens (tertiary/aromatic N) is 6. The van der Waals surface area contributed by atoms with Gasteiger partial charge in [-0.25, -0.2) is 10.3 Å². The van der Waals surface area contributed by atoms with Crippen molar-refractivity contribution in [3.8, 4) is 0 Å². The molecule has 0 radical (unpaired) electrons. The molecule has 194 valence electrons. The van der Waals surface area contributed by atoms with Gasteiger partial charge in [0.05, 0.1) is 0 Å². The summed E-state index contributed by atoms with van der Waals surface area (Å²) in [6.07, 6.45) is 0. The van der Waals surface area contributed by atoms with Gasteiger partial charge < -0.3 is 4.84 Å². The highest BCUT2D eigenvalue weighted by molar-refractivity contribution is 7.02. The Morgan fingerprint density at radius 2 is 1.54 bits per heavy atom. The number of tetrazole rings is 1. The van der Waals surface area contributed by atoms with E-state index in [-0.39, 0.29) is 10.8 Å². The van der Waals surface area contributed by atoms with Crippen LogP contribution in [0.1, 0.15) is 90.6 Å². The van der Waals surface area contributed by atoms with Crippen molar-refractivity contribution in [2.45, 2.75) is 73.1 Å². The summed E-state index contributed by atoms with van der Waals surface area (Å²) < 4.78 is 8.15. The maximum atomic E-state index is 10.5. The Balaban J connectivity index is 0.000000234. The molecule has 0 amide bonds. The molecular formula is C20H34N10O4S. The summed E-state index contributed by atoms with van der Waals surface area (Å²) >= 11 is 0.972. The fourth-order valence-corrected chi connectivity index (χ4v) is 2.52. The van der Waals surface area contributed by atoms with Crippen molar-refractivity contribution in [2.75, 3.05) is 0 Å². The van der Waals surface area contributed by atoms with Crippen LogP contribution >= 0.6 is 11.5 Å². The molecule has 0 saturated carbocycles. The maximum absolute atomic E-state index is 10.5. The van der Waals surface area contributed by atoms with Crippen LogP contribution in [0.15, 0.2) is 31.6 Å². The highest BCUT2D eigenvalue weighted by Gasteiger charge is 2.12. The highest BCUT2D eigenvalue weighted by Crippen LogP contribution is 2.07. The molecule has 3 aromatic rings. The van der Waals surface area contributed by atoms with E-state index in [9.17, 15) is 9.59 Å². The van der Waals surface area contributed by atoms with Crippen LogP contribution in [0.2, 0.25) is 0 Å². The number of aromatic nitrogens is 8. The van der Waals surface area contributed by atoms with Gasteiger partial charge in [0.1, 0.15) is 11.7 Å². The van der Waals surface area contributed by atoms with Crippen molar-refractivity contribution < 1.29 is 9.36 Å². The van der Waals surface area contributed by atoms with Gasteiger partial charge in [-0.1, -0.05) is 65.8 Å². The Bertz CT molecular complexity index is 1090. The number of hydroxylamine groups is 1. The van der Waals surface area contributed by atoms with Crippen molar-refractivity contribution in [2.24, 2.45) is 10.9 Å². The first-order valence-electron chi connectivity index (χ1n) is 11.0. The molecule has 0 unspecified atom stereocenters. The fourth-order valence-electron chi connectivity index (χ4n) is 1.93. The van der Waals surface area contributed by atoms with E-state index in [4.69, 9.17) is 4.84 Å². The molecule has 0 spiro atoms. The van der Waals surface area contributed by atoms with E-state index >= 15 is 0 Å². The number of amidine groups is 1. The van der Waals surface area contributed by atoms with Gasteiger partial charge in [-0.2, -0.15) is 14.6 Å². The van der Waals surface area contributed by atoms with Gasteiger partial charge in [0.2, 0.25) is 5.88 Å². The van der Waals surface area contributed by atoms with E-state index in [0.29, 0.717) is 29.5 Å². The van der Waals surface area contributed by atoms with Crippen LogP contribution in [0.25, 0.3) is 0 Å². The average Bonchev–Trinajstić information content (AvgIpc) is 3.57. The van der Waals surface area contributed by atoms with Gasteiger partial charge in [0, 0.05) is 35.2 Å². The van der Waals surface area contributed by atoms with E-state index in [1.165, 1.54) is 0 Å². The predicted molar refractivity (Wildman–Crippen MR) is 132 cm³/mol.